The smallest absolute Gasteiger partial charge is 0.301 e. The van der Waals surface area contributed by atoms with Gasteiger partial charge < -0.3 is 4.42 Å². The van der Waals surface area contributed by atoms with Gasteiger partial charge in [0.05, 0.1) is 6.54 Å². The molecule has 3 N–H and O–H groups in total. The van der Waals surface area contributed by atoms with Crippen molar-refractivity contribution in [1.82, 2.24) is 10.3 Å². The van der Waals surface area contributed by atoms with E-state index in [4.69, 9.17) is 10.3 Å². The molecule has 0 radical (unpaired) electrons. The number of furan rings is 1. The van der Waals surface area contributed by atoms with Crippen molar-refractivity contribution in [2.45, 2.75) is 32.7 Å². The van der Waals surface area contributed by atoms with E-state index in [0.29, 0.717) is 5.76 Å². The number of amides is 1. The third-order valence-corrected chi connectivity index (χ3v) is 3.53. The average molecular weight is 251 g/mol. The first kappa shape index (κ1) is 13.1. The highest BCUT2D eigenvalue weighted by molar-refractivity contribution is 5.92. The molecule has 0 bridgehead atoms. The van der Waals surface area contributed by atoms with E-state index in [9.17, 15) is 4.79 Å². The molecule has 18 heavy (non-hydrogen) atoms. The summed E-state index contributed by atoms with van der Waals surface area (Å²) in [5.41, 5.74) is 2.92. The first-order valence-corrected chi connectivity index (χ1v) is 6.39. The van der Waals surface area contributed by atoms with E-state index >= 15 is 0 Å². The average Bonchev–Trinajstić information content (AvgIpc) is 2.64. The van der Waals surface area contributed by atoms with Crippen LogP contribution in [0.1, 0.15) is 41.1 Å². The molecule has 1 fully saturated rings. The highest BCUT2D eigenvalue weighted by Crippen LogP contribution is 2.27. The Morgan fingerprint density at radius 1 is 1.61 bits per heavy atom. The molecule has 0 aromatic carbocycles. The minimum Gasteiger partial charge on any atom is -0.454 e. The zero-order valence-electron chi connectivity index (χ0n) is 11.0. The first-order valence-electron chi connectivity index (χ1n) is 6.39. The van der Waals surface area contributed by atoms with Crippen molar-refractivity contribution in [2.24, 2.45) is 11.8 Å². The molecular formula is C13H21N3O2. The van der Waals surface area contributed by atoms with E-state index in [-0.39, 0.29) is 5.91 Å². The number of carbonyl (C=O) groups is 1. The topological polar surface area (TPSA) is 71.5 Å². The van der Waals surface area contributed by atoms with Crippen LogP contribution in [0.3, 0.4) is 0 Å². The fourth-order valence-electron chi connectivity index (χ4n) is 2.36. The van der Waals surface area contributed by atoms with Crippen LogP contribution >= 0.6 is 0 Å². The van der Waals surface area contributed by atoms with Crippen LogP contribution in [0.2, 0.25) is 0 Å². The Labute approximate surface area is 107 Å². The van der Waals surface area contributed by atoms with E-state index in [0.717, 1.165) is 30.3 Å². The van der Waals surface area contributed by atoms with E-state index in [1.165, 1.54) is 19.3 Å². The van der Waals surface area contributed by atoms with Gasteiger partial charge in [-0.15, -0.1) is 0 Å². The summed E-state index contributed by atoms with van der Waals surface area (Å²) < 4.78 is 5.54. The van der Waals surface area contributed by atoms with Gasteiger partial charge in [-0.3, -0.25) is 15.1 Å². The van der Waals surface area contributed by atoms with Crippen LogP contribution in [0.25, 0.3) is 0 Å². The van der Waals surface area contributed by atoms with Gasteiger partial charge in [-0.25, -0.2) is 5.84 Å². The summed E-state index contributed by atoms with van der Waals surface area (Å²) in [6.45, 7) is 3.68. The number of rotatable bonds is 5. The lowest BCUT2D eigenvalue weighted by molar-refractivity contribution is 0.0920. The molecule has 0 unspecified atom stereocenters. The summed E-state index contributed by atoms with van der Waals surface area (Å²) in [4.78, 5) is 13.7. The Hall–Kier alpha value is -1.33. The van der Waals surface area contributed by atoms with Crippen LogP contribution in [-0.4, -0.2) is 24.4 Å². The van der Waals surface area contributed by atoms with E-state index in [1.54, 1.807) is 0 Å². The molecule has 2 rings (SSSR count). The Balaban J connectivity index is 1.94. The third-order valence-electron chi connectivity index (χ3n) is 3.53. The number of nitrogen functional groups attached to an aromatic ring is 1. The minimum atomic E-state index is -0.375. The third kappa shape index (κ3) is 2.91. The molecule has 1 aromatic heterocycles. The van der Waals surface area contributed by atoms with Crippen molar-refractivity contribution in [2.75, 3.05) is 13.6 Å². The zero-order chi connectivity index (χ0) is 13.1. The Bertz CT molecular complexity index is 424. The molecule has 0 saturated heterocycles. The molecule has 1 aliphatic rings. The zero-order valence-corrected chi connectivity index (χ0v) is 11.0. The van der Waals surface area contributed by atoms with Crippen LogP contribution in [0.5, 0.6) is 0 Å². The molecule has 1 amide bonds. The van der Waals surface area contributed by atoms with E-state index < -0.39 is 0 Å². The quantitative estimate of drug-likeness (QED) is 0.472. The number of hydrogen-bond donors (Lipinski definition) is 2. The van der Waals surface area contributed by atoms with Crippen LogP contribution in [-0.2, 0) is 6.54 Å². The van der Waals surface area contributed by atoms with Gasteiger partial charge in [0.15, 0.2) is 5.76 Å². The van der Waals surface area contributed by atoms with Crippen LogP contribution in [0, 0.1) is 12.8 Å². The summed E-state index contributed by atoms with van der Waals surface area (Å²) in [5, 5.41) is 0. The molecule has 1 aliphatic carbocycles. The second-order valence-electron chi connectivity index (χ2n) is 5.19. The van der Waals surface area contributed by atoms with Crippen LogP contribution < -0.4 is 11.3 Å². The standard InChI is InChI=1S/C13H21N3O2/c1-9-6-11(18-12(9)13(17)15-14)8-16(2)7-10-4-3-5-10/h6,10H,3-5,7-8,14H2,1-2H3,(H,15,17). The lowest BCUT2D eigenvalue weighted by Gasteiger charge is -2.29. The number of hydrogen-bond acceptors (Lipinski definition) is 4. The molecular weight excluding hydrogens is 230 g/mol. The second kappa shape index (κ2) is 5.54. The van der Waals surface area contributed by atoms with Gasteiger partial charge >= 0.3 is 5.91 Å². The van der Waals surface area contributed by atoms with Gasteiger partial charge in [-0.2, -0.15) is 0 Å². The second-order valence-corrected chi connectivity index (χ2v) is 5.19. The molecule has 5 nitrogen and oxygen atoms in total. The number of nitrogens with two attached hydrogens (primary N) is 1. The van der Waals surface area contributed by atoms with Crippen molar-refractivity contribution < 1.29 is 9.21 Å². The number of nitrogens with zero attached hydrogens (tertiary/aromatic N) is 1. The van der Waals surface area contributed by atoms with Crippen molar-refractivity contribution in [3.05, 3.63) is 23.2 Å². The maximum atomic E-state index is 11.4. The summed E-state index contributed by atoms with van der Waals surface area (Å²) in [7, 11) is 2.08. The molecule has 1 aromatic rings. The fourth-order valence-corrected chi connectivity index (χ4v) is 2.36. The molecule has 0 aliphatic heterocycles. The first-order chi connectivity index (χ1) is 8.60. The maximum Gasteiger partial charge on any atom is 0.301 e. The molecule has 0 atom stereocenters. The van der Waals surface area contributed by atoms with Crippen LogP contribution in [0.4, 0.5) is 0 Å². The lowest BCUT2D eigenvalue weighted by atomic mass is 9.85. The maximum absolute atomic E-state index is 11.4. The number of carbonyl (C=O) groups excluding carboxylic acids is 1. The normalized spacial score (nSPS) is 15.8. The molecule has 5 heteroatoms. The summed E-state index contributed by atoms with van der Waals surface area (Å²) in [6.07, 6.45) is 4.03. The fraction of sp³-hybridized carbons (Fsp3) is 0.615. The predicted octanol–water partition coefficient (Wildman–Crippen LogP) is 1.42. The number of hydrazine groups is 1. The Morgan fingerprint density at radius 2 is 2.33 bits per heavy atom. The van der Waals surface area contributed by atoms with Gasteiger partial charge in [0.2, 0.25) is 0 Å². The van der Waals surface area contributed by atoms with Crippen molar-refractivity contribution in [3.8, 4) is 0 Å². The van der Waals surface area contributed by atoms with Crippen LogP contribution in [0.15, 0.2) is 10.5 Å². The van der Waals surface area contributed by atoms with Gasteiger partial charge in [-0.1, -0.05) is 6.42 Å². The Morgan fingerprint density at radius 3 is 2.89 bits per heavy atom. The number of aryl methyl sites for hydroxylation is 1. The van der Waals surface area contributed by atoms with Gasteiger partial charge in [0, 0.05) is 12.1 Å². The van der Waals surface area contributed by atoms with E-state index in [1.807, 2.05) is 13.0 Å². The SMILES string of the molecule is Cc1cc(CN(C)CC2CCC2)oc1C(=O)NN. The molecule has 0 spiro atoms. The molecule has 100 valence electrons. The summed E-state index contributed by atoms with van der Waals surface area (Å²) >= 11 is 0. The summed E-state index contributed by atoms with van der Waals surface area (Å²) in [6, 6.07) is 1.90. The van der Waals surface area contributed by atoms with Gasteiger partial charge in [-0.05, 0) is 38.8 Å². The van der Waals surface area contributed by atoms with Crippen molar-refractivity contribution >= 4 is 5.91 Å². The minimum absolute atomic E-state index is 0.310. The van der Waals surface area contributed by atoms with Crippen molar-refractivity contribution in [1.29, 1.82) is 0 Å². The lowest BCUT2D eigenvalue weighted by Crippen LogP contribution is -2.30. The van der Waals surface area contributed by atoms with Gasteiger partial charge in [0.25, 0.3) is 0 Å². The highest BCUT2D eigenvalue weighted by atomic mass is 16.4. The van der Waals surface area contributed by atoms with Gasteiger partial charge in [0.1, 0.15) is 5.76 Å². The molecule has 1 heterocycles. The Kier molecular flexibility index (Phi) is 4.04. The summed E-state index contributed by atoms with van der Waals surface area (Å²) in [5.74, 6) is 6.68. The largest absolute Gasteiger partial charge is 0.454 e. The number of nitrogens with one attached hydrogen (secondary N) is 1. The highest BCUT2D eigenvalue weighted by Gasteiger charge is 2.20. The monoisotopic (exact) mass is 251 g/mol. The predicted molar refractivity (Wildman–Crippen MR) is 68.8 cm³/mol. The van der Waals surface area contributed by atoms with E-state index in [2.05, 4.69) is 17.4 Å². The van der Waals surface area contributed by atoms with Crippen molar-refractivity contribution in [3.63, 3.8) is 0 Å². The molecule has 1 saturated carbocycles.